The number of rotatable bonds is 20. The summed E-state index contributed by atoms with van der Waals surface area (Å²) in [6, 6.07) is -5.43. The number of aliphatic hydroxyl groups is 1. The fourth-order valence-electron chi connectivity index (χ4n) is 4.80. The van der Waals surface area contributed by atoms with Crippen LogP contribution in [0.2, 0.25) is 0 Å². The number of nitrogens with zero attached hydrogens (tertiary/aromatic N) is 1. The molecule has 1 fully saturated rings. The molecule has 0 spiro atoms. The van der Waals surface area contributed by atoms with Crippen molar-refractivity contribution in [3.05, 3.63) is 0 Å². The number of likely N-dealkylation sites (tertiary alicyclic amines) is 1. The van der Waals surface area contributed by atoms with Gasteiger partial charge >= 0.3 is 5.97 Å². The topological polar surface area (TPSA) is 275 Å². The molecule has 1 rings (SSSR count). The third-order valence-corrected chi connectivity index (χ3v) is 7.85. The lowest BCUT2D eigenvalue weighted by molar-refractivity contribution is -0.145. The number of carboxylic acids is 1. The first kappa shape index (κ1) is 40.2. The minimum Gasteiger partial charge on any atom is -0.480 e. The maximum absolute atomic E-state index is 13.7. The van der Waals surface area contributed by atoms with E-state index in [-0.39, 0.29) is 19.0 Å². The molecule has 6 atom stereocenters. The number of hydrogen-bond acceptors (Lipinski definition) is 10. The minimum atomic E-state index is -1.55. The van der Waals surface area contributed by atoms with Crippen molar-refractivity contribution in [2.45, 2.75) is 96.4 Å². The van der Waals surface area contributed by atoms with Gasteiger partial charge in [0.05, 0.1) is 25.7 Å². The summed E-state index contributed by atoms with van der Waals surface area (Å²) in [5.41, 5.74) is 11.2. The average molecular weight is 657 g/mol. The van der Waals surface area contributed by atoms with Gasteiger partial charge in [0.2, 0.25) is 35.4 Å². The highest BCUT2D eigenvalue weighted by Gasteiger charge is 2.40. The van der Waals surface area contributed by atoms with Crippen LogP contribution in [0, 0.1) is 11.8 Å². The molecule has 11 N–H and O–H groups in total. The molecule has 17 nitrogen and oxygen atoms in total. The molecule has 17 heteroatoms. The Kier molecular flexibility index (Phi) is 17.8. The predicted molar refractivity (Wildman–Crippen MR) is 166 cm³/mol. The summed E-state index contributed by atoms with van der Waals surface area (Å²) in [5.74, 6) is -5.90. The van der Waals surface area contributed by atoms with E-state index < -0.39 is 90.7 Å². The van der Waals surface area contributed by atoms with Crippen LogP contribution in [0.5, 0.6) is 0 Å². The average Bonchev–Trinajstić information content (AvgIpc) is 3.52. The van der Waals surface area contributed by atoms with E-state index in [9.17, 15) is 38.7 Å². The quantitative estimate of drug-likeness (QED) is 0.0592. The van der Waals surface area contributed by atoms with Crippen molar-refractivity contribution in [1.29, 1.82) is 0 Å². The molecule has 0 aromatic rings. The van der Waals surface area contributed by atoms with Gasteiger partial charge in [-0.1, -0.05) is 40.5 Å². The van der Waals surface area contributed by atoms with Gasteiger partial charge < -0.3 is 53.2 Å². The van der Waals surface area contributed by atoms with Crippen molar-refractivity contribution in [3.63, 3.8) is 0 Å². The molecule has 0 saturated carbocycles. The van der Waals surface area contributed by atoms with E-state index in [4.69, 9.17) is 16.6 Å². The van der Waals surface area contributed by atoms with Gasteiger partial charge in [-0.3, -0.25) is 28.8 Å². The Labute approximate surface area is 269 Å². The first-order valence-corrected chi connectivity index (χ1v) is 15.7. The Balaban J connectivity index is 2.83. The first-order valence-electron chi connectivity index (χ1n) is 15.7. The van der Waals surface area contributed by atoms with Crippen molar-refractivity contribution >= 4 is 41.4 Å². The standard InChI is InChI=1S/C29H52N8O9/c1-5-17(4)24(35-22(40)14-32-21(39)13-33-25(41)18(31)9-6-7-11-30)28(44)37-12-8-10-20(37)26(42)36-23(16(2)3)27(43)34-19(15-38)29(45)46/h16-20,23-24,38H,5-15,30-31H2,1-4H3,(H,32,39)(H,33,41)(H,34,43)(H,35,40)(H,36,42)(H,45,46)/t17-,18-,19-,20-,23-,24-/m0/s1. The van der Waals surface area contributed by atoms with Gasteiger partial charge in [0.25, 0.3) is 0 Å². The molecule has 6 amide bonds. The number of carbonyl (C=O) groups is 7. The van der Waals surface area contributed by atoms with Crippen molar-refractivity contribution in [3.8, 4) is 0 Å². The van der Waals surface area contributed by atoms with E-state index in [0.29, 0.717) is 38.6 Å². The summed E-state index contributed by atoms with van der Waals surface area (Å²) in [5, 5.41) is 30.7. The summed E-state index contributed by atoms with van der Waals surface area (Å²) in [7, 11) is 0. The van der Waals surface area contributed by atoms with E-state index in [1.165, 1.54) is 4.90 Å². The maximum atomic E-state index is 13.7. The second-order valence-corrected chi connectivity index (χ2v) is 11.8. The van der Waals surface area contributed by atoms with Crippen molar-refractivity contribution in [2.75, 3.05) is 32.8 Å². The number of carboxylic acid groups (broad SMARTS) is 1. The Morgan fingerprint density at radius 3 is 2.11 bits per heavy atom. The highest BCUT2D eigenvalue weighted by Crippen LogP contribution is 2.22. The summed E-state index contributed by atoms with van der Waals surface area (Å²) >= 11 is 0. The maximum Gasteiger partial charge on any atom is 0.328 e. The molecule has 1 aliphatic rings. The normalized spacial score (nSPS) is 17.7. The number of nitrogens with one attached hydrogen (secondary N) is 5. The van der Waals surface area contributed by atoms with Crippen molar-refractivity contribution < 1.29 is 43.8 Å². The van der Waals surface area contributed by atoms with Crippen molar-refractivity contribution in [1.82, 2.24) is 31.5 Å². The van der Waals surface area contributed by atoms with Gasteiger partial charge in [0.15, 0.2) is 0 Å². The van der Waals surface area contributed by atoms with E-state index in [2.05, 4.69) is 26.6 Å². The predicted octanol–water partition coefficient (Wildman–Crippen LogP) is -3.10. The summed E-state index contributed by atoms with van der Waals surface area (Å²) in [6.07, 6.45) is 3.12. The van der Waals surface area contributed by atoms with Crippen LogP contribution >= 0.6 is 0 Å². The second kappa shape index (κ2) is 20.3. The number of aliphatic hydroxyl groups excluding tert-OH is 1. The zero-order valence-electron chi connectivity index (χ0n) is 27.2. The molecule has 1 saturated heterocycles. The number of nitrogens with two attached hydrogens (primary N) is 2. The van der Waals surface area contributed by atoms with Crippen LogP contribution < -0.4 is 38.1 Å². The van der Waals surface area contributed by atoms with Crippen LogP contribution in [0.3, 0.4) is 0 Å². The number of amides is 6. The third-order valence-electron chi connectivity index (χ3n) is 7.85. The Morgan fingerprint density at radius 2 is 1.54 bits per heavy atom. The molecule has 1 aliphatic heterocycles. The fourth-order valence-corrected chi connectivity index (χ4v) is 4.80. The number of carbonyl (C=O) groups excluding carboxylic acids is 6. The Hall–Kier alpha value is -3.83. The lowest BCUT2D eigenvalue weighted by Crippen LogP contribution is -2.59. The highest BCUT2D eigenvalue weighted by molar-refractivity contribution is 5.96. The lowest BCUT2D eigenvalue weighted by Gasteiger charge is -2.32. The SMILES string of the molecule is CC[C@H](C)[C@H](NC(=O)CNC(=O)CNC(=O)[C@@H](N)CCCCN)C(=O)N1CCC[C@H]1C(=O)N[C@H](C(=O)N[C@@H](CO)C(=O)O)C(C)C. The Bertz CT molecular complexity index is 1070. The van der Waals surface area contributed by atoms with Gasteiger partial charge in [-0.05, 0) is 44.1 Å². The molecule has 1 heterocycles. The highest BCUT2D eigenvalue weighted by atomic mass is 16.4. The van der Waals surface area contributed by atoms with Crippen LogP contribution in [0.1, 0.15) is 66.2 Å². The summed E-state index contributed by atoms with van der Waals surface area (Å²) in [6.45, 7) is 5.93. The molecule has 46 heavy (non-hydrogen) atoms. The molecule has 0 unspecified atom stereocenters. The molecule has 0 aliphatic carbocycles. The lowest BCUT2D eigenvalue weighted by atomic mass is 9.97. The number of unbranched alkanes of at least 4 members (excludes halogenated alkanes) is 1. The van der Waals surface area contributed by atoms with Crippen LogP contribution in [-0.2, 0) is 33.6 Å². The number of hydrogen-bond donors (Lipinski definition) is 9. The second-order valence-electron chi connectivity index (χ2n) is 11.8. The molecule has 0 aromatic heterocycles. The van der Waals surface area contributed by atoms with Crippen LogP contribution in [-0.4, -0.2) is 120 Å². The van der Waals surface area contributed by atoms with Gasteiger partial charge in [-0.25, -0.2) is 4.79 Å². The molecular formula is C29H52N8O9. The zero-order valence-corrected chi connectivity index (χ0v) is 27.2. The Morgan fingerprint density at radius 1 is 0.891 bits per heavy atom. The van der Waals surface area contributed by atoms with E-state index in [0.717, 1.165) is 6.42 Å². The number of aliphatic carboxylic acids is 1. The smallest absolute Gasteiger partial charge is 0.328 e. The van der Waals surface area contributed by atoms with Gasteiger partial charge in [0.1, 0.15) is 24.2 Å². The third kappa shape index (κ3) is 12.9. The fraction of sp³-hybridized carbons (Fsp3) is 0.759. The van der Waals surface area contributed by atoms with Crippen LogP contribution in [0.4, 0.5) is 0 Å². The van der Waals surface area contributed by atoms with E-state index in [1.54, 1.807) is 20.8 Å². The van der Waals surface area contributed by atoms with Crippen molar-refractivity contribution in [2.24, 2.45) is 23.3 Å². The zero-order chi connectivity index (χ0) is 35.0. The molecule has 0 radical (unpaired) electrons. The van der Waals surface area contributed by atoms with Gasteiger partial charge in [-0.2, -0.15) is 0 Å². The van der Waals surface area contributed by atoms with E-state index >= 15 is 0 Å². The molecule has 262 valence electrons. The largest absolute Gasteiger partial charge is 0.480 e. The van der Waals surface area contributed by atoms with Gasteiger partial charge in [0, 0.05) is 6.54 Å². The minimum absolute atomic E-state index is 0.231. The first-order chi connectivity index (χ1) is 21.7. The molecule has 0 aromatic carbocycles. The van der Waals surface area contributed by atoms with Crippen LogP contribution in [0.15, 0.2) is 0 Å². The van der Waals surface area contributed by atoms with Gasteiger partial charge in [-0.15, -0.1) is 0 Å². The van der Waals surface area contributed by atoms with E-state index in [1.807, 2.05) is 6.92 Å². The summed E-state index contributed by atoms with van der Waals surface area (Å²) < 4.78 is 0. The summed E-state index contributed by atoms with van der Waals surface area (Å²) in [4.78, 5) is 89.4. The molecule has 0 bridgehead atoms. The molecular weight excluding hydrogens is 604 g/mol. The van der Waals surface area contributed by atoms with Crippen LogP contribution in [0.25, 0.3) is 0 Å². The monoisotopic (exact) mass is 656 g/mol.